The van der Waals surface area contributed by atoms with Crippen LogP contribution in [-0.4, -0.2) is 95.1 Å². The van der Waals surface area contributed by atoms with Gasteiger partial charge in [0, 0.05) is 61.4 Å². The van der Waals surface area contributed by atoms with Crippen molar-refractivity contribution in [1.29, 1.82) is 0 Å². The van der Waals surface area contributed by atoms with Gasteiger partial charge in [0.2, 0.25) is 0 Å². The Balaban J connectivity index is 0.000000141. The first-order chi connectivity index (χ1) is 11.0. The molecular weight excluding hydrogens is 296 g/mol. The van der Waals surface area contributed by atoms with E-state index in [-0.39, 0.29) is 0 Å². The topological polar surface area (TPSA) is 13.0 Å². The number of likely N-dealkylation sites (tertiary alicyclic amines) is 2. The first-order valence-corrected chi connectivity index (χ1v) is 9.91. The molecule has 0 radical (unpaired) electrons. The van der Waals surface area contributed by atoms with Gasteiger partial charge in [-0.05, 0) is 68.5 Å². The molecule has 4 unspecified atom stereocenters. The maximum Gasteiger partial charge on any atom is 0.0244 e. The molecule has 0 N–H and O–H groups in total. The van der Waals surface area contributed by atoms with Gasteiger partial charge in [-0.1, -0.05) is 0 Å². The van der Waals surface area contributed by atoms with Crippen molar-refractivity contribution in [1.82, 2.24) is 19.6 Å². The van der Waals surface area contributed by atoms with E-state index in [9.17, 15) is 0 Å². The number of nitrogens with zero attached hydrogens (tertiary/aromatic N) is 4. The molecule has 0 aromatic heterocycles. The zero-order valence-electron chi connectivity index (χ0n) is 17.3. The van der Waals surface area contributed by atoms with Gasteiger partial charge in [0.25, 0.3) is 0 Å². The first kappa shape index (κ1) is 18.6. The molecule has 5 heterocycles. The minimum absolute atomic E-state index is 0.373. The fourth-order valence-corrected chi connectivity index (χ4v) is 5.03. The molecular formula is C20H40N4. The molecule has 0 aromatic carbocycles. The van der Waals surface area contributed by atoms with E-state index in [0.29, 0.717) is 11.1 Å². The number of hydrogen-bond acceptors (Lipinski definition) is 4. The lowest BCUT2D eigenvalue weighted by molar-refractivity contribution is -0.0796. The summed E-state index contributed by atoms with van der Waals surface area (Å²) in [5.41, 5.74) is 0.749. The monoisotopic (exact) mass is 336 g/mol. The third kappa shape index (κ3) is 3.53. The summed E-state index contributed by atoms with van der Waals surface area (Å²) in [4.78, 5) is 10.3. The first-order valence-electron chi connectivity index (χ1n) is 9.91. The summed E-state index contributed by atoms with van der Waals surface area (Å²) >= 11 is 0. The summed E-state index contributed by atoms with van der Waals surface area (Å²) in [7, 11) is 4.52. The molecule has 0 amide bonds. The van der Waals surface area contributed by atoms with Gasteiger partial charge in [-0.3, -0.25) is 14.7 Å². The highest BCUT2D eigenvalue weighted by atomic mass is 15.4. The van der Waals surface area contributed by atoms with Crippen LogP contribution in [0.1, 0.15) is 54.4 Å². The lowest BCUT2D eigenvalue weighted by Gasteiger charge is -2.58. The van der Waals surface area contributed by atoms with E-state index >= 15 is 0 Å². The predicted octanol–water partition coefficient (Wildman–Crippen LogP) is 2.35. The van der Waals surface area contributed by atoms with Gasteiger partial charge in [0.1, 0.15) is 0 Å². The van der Waals surface area contributed by atoms with Crippen molar-refractivity contribution < 1.29 is 0 Å². The summed E-state index contributed by atoms with van der Waals surface area (Å²) in [5.74, 6) is 0. The van der Waals surface area contributed by atoms with E-state index in [0.717, 1.165) is 24.2 Å². The van der Waals surface area contributed by atoms with Gasteiger partial charge in [-0.15, -0.1) is 0 Å². The summed E-state index contributed by atoms with van der Waals surface area (Å²) in [6.45, 7) is 19.0. The van der Waals surface area contributed by atoms with Crippen LogP contribution in [0.15, 0.2) is 0 Å². The van der Waals surface area contributed by atoms with Gasteiger partial charge in [0.15, 0.2) is 0 Å². The molecule has 0 aliphatic carbocycles. The molecule has 5 aliphatic rings. The van der Waals surface area contributed by atoms with Crippen molar-refractivity contribution in [3.63, 3.8) is 0 Å². The molecule has 5 fully saturated rings. The van der Waals surface area contributed by atoms with Crippen LogP contribution in [0.25, 0.3) is 0 Å². The molecule has 5 rings (SSSR count). The van der Waals surface area contributed by atoms with Gasteiger partial charge < -0.3 is 4.90 Å². The Labute approximate surface area is 150 Å². The molecule has 0 aromatic rings. The molecule has 24 heavy (non-hydrogen) atoms. The minimum atomic E-state index is 0.373. The molecule has 0 saturated carbocycles. The van der Waals surface area contributed by atoms with Crippen LogP contribution < -0.4 is 0 Å². The van der Waals surface area contributed by atoms with E-state index in [4.69, 9.17) is 0 Å². The Bertz CT molecular complexity index is 436. The molecule has 4 bridgehead atoms. The average Bonchev–Trinajstić information content (AvgIpc) is 3.05. The second-order valence-corrected chi connectivity index (χ2v) is 10.6. The van der Waals surface area contributed by atoms with Crippen LogP contribution >= 0.6 is 0 Å². The Morgan fingerprint density at radius 1 is 0.625 bits per heavy atom. The number of hydrogen-bond donors (Lipinski definition) is 0. The van der Waals surface area contributed by atoms with Crippen LogP contribution in [0.3, 0.4) is 0 Å². The number of piperidine rings is 1. The van der Waals surface area contributed by atoms with Crippen molar-refractivity contribution in [2.24, 2.45) is 0 Å². The van der Waals surface area contributed by atoms with Crippen LogP contribution in [0.2, 0.25) is 0 Å². The number of fused-ring (bicyclic) bond motifs is 4. The highest BCUT2D eigenvalue weighted by molar-refractivity contribution is 5.02. The van der Waals surface area contributed by atoms with Crippen LogP contribution in [0.4, 0.5) is 0 Å². The molecule has 4 heteroatoms. The van der Waals surface area contributed by atoms with Crippen LogP contribution in [-0.2, 0) is 0 Å². The van der Waals surface area contributed by atoms with E-state index in [2.05, 4.69) is 75.2 Å². The van der Waals surface area contributed by atoms with Crippen molar-refractivity contribution in [3.05, 3.63) is 0 Å². The SMILES string of the molecule is CN1C2CC1CN(C(C)(C)C)C2.CN1CC2CC1CN2C(C)(C)C. The smallest absolute Gasteiger partial charge is 0.0244 e. The van der Waals surface area contributed by atoms with Crippen LogP contribution in [0.5, 0.6) is 0 Å². The highest BCUT2D eigenvalue weighted by Crippen LogP contribution is 2.34. The number of piperazine rings is 2. The molecule has 140 valence electrons. The van der Waals surface area contributed by atoms with E-state index < -0.39 is 0 Å². The van der Waals surface area contributed by atoms with Gasteiger partial charge in [0.05, 0.1) is 0 Å². The molecule has 5 aliphatic heterocycles. The highest BCUT2D eigenvalue weighted by Gasteiger charge is 2.45. The summed E-state index contributed by atoms with van der Waals surface area (Å²) in [6, 6.07) is 3.38. The third-order valence-electron chi connectivity index (χ3n) is 6.88. The van der Waals surface area contributed by atoms with Crippen molar-refractivity contribution >= 4 is 0 Å². The summed E-state index contributed by atoms with van der Waals surface area (Å²) in [5, 5.41) is 0. The Kier molecular flexibility index (Phi) is 4.83. The lowest BCUT2D eigenvalue weighted by Crippen LogP contribution is -2.69. The Hall–Kier alpha value is -0.160. The van der Waals surface area contributed by atoms with E-state index in [1.807, 2.05) is 0 Å². The predicted molar refractivity (Wildman–Crippen MR) is 103 cm³/mol. The van der Waals surface area contributed by atoms with Crippen molar-refractivity contribution in [2.45, 2.75) is 89.6 Å². The number of likely N-dealkylation sites (N-methyl/N-ethyl adjacent to an activating group) is 2. The van der Waals surface area contributed by atoms with Crippen LogP contribution in [0, 0.1) is 0 Å². The van der Waals surface area contributed by atoms with Crippen molar-refractivity contribution in [3.8, 4) is 0 Å². The van der Waals surface area contributed by atoms with Gasteiger partial charge in [-0.2, -0.15) is 0 Å². The normalized spacial score (nSPS) is 38.0. The minimum Gasteiger partial charge on any atom is -0.301 e. The lowest BCUT2D eigenvalue weighted by atomic mass is 9.86. The number of rotatable bonds is 0. The van der Waals surface area contributed by atoms with E-state index in [1.54, 1.807) is 0 Å². The maximum atomic E-state index is 2.66. The van der Waals surface area contributed by atoms with Gasteiger partial charge >= 0.3 is 0 Å². The molecule has 4 nitrogen and oxygen atoms in total. The zero-order valence-corrected chi connectivity index (χ0v) is 17.3. The Morgan fingerprint density at radius 2 is 1.17 bits per heavy atom. The maximum absolute atomic E-state index is 2.66. The molecule has 4 atom stereocenters. The second-order valence-electron chi connectivity index (χ2n) is 10.6. The quantitative estimate of drug-likeness (QED) is 0.673. The second kappa shape index (κ2) is 6.22. The van der Waals surface area contributed by atoms with E-state index in [1.165, 1.54) is 39.0 Å². The van der Waals surface area contributed by atoms with Crippen molar-refractivity contribution in [2.75, 3.05) is 40.3 Å². The summed E-state index contributed by atoms with van der Waals surface area (Å²) in [6.07, 6.45) is 2.83. The Morgan fingerprint density at radius 3 is 1.50 bits per heavy atom. The third-order valence-corrected chi connectivity index (χ3v) is 6.88. The average molecular weight is 337 g/mol. The zero-order chi connectivity index (χ0) is 17.9. The fourth-order valence-electron chi connectivity index (χ4n) is 5.03. The summed E-state index contributed by atoms with van der Waals surface area (Å²) < 4.78 is 0. The van der Waals surface area contributed by atoms with Gasteiger partial charge in [-0.25, -0.2) is 0 Å². The largest absolute Gasteiger partial charge is 0.301 e. The standard InChI is InChI=1S/2C10H20N2/c1-10(2,3)12-7-8-5-9(12)6-11(8)4;1-10(2,3)12-6-8-5-9(7-12)11(8)4/h2*8-9H,5-7H2,1-4H3. The molecule has 0 spiro atoms. The molecule has 5 saturated heterocycles. The fraction of sp³-hybridized carbons (Fsp3) is 1.00.